The summed E-state index contributed by atoms with van der Waals surface area (Å²) in [5, 5.41) is 2.48. The van der Waals surface area contributed by atoms with E-state index in [9.17, 15) is 18.0 Å². The van der Waals surface area contributed by atoms with Crippen molar-refractivity contribution < 1.29 is 22.7 Å². The Morgan fingerprint density at radius 3 is 2.34 bits per heavy atom. The summed E-state index contributed by atoms with van der Waals surface area (Å²) >= 11 is 0. The minimum atomic E-state index is -3.88. The van der Waals surface area contributed by atoms with Gasteiger partial charge in [0.1, 0.15) is 0 Å². The molecule has 0 atom stereocenters. The lowest BCUT2D eigenvalue weighted by Crippen LogP contribution is -2.21. The Morgan fingerprint density at radius 1 is 0.966 bits per heavy atom. The van der Waals surface area contributed by atoms with Crippen molar-refractivity contribution in [3.63, 3.8) is 0 Å². The van der Waals surface area contributed by atoms with Crippen molar-refractivity contribution in [1.82, 2.24) is 19.9 Å². The largest absolute Gasteiger partial charge is 0.451 e. The molecule has 0 saturated carbocycles. The Morgan fingerprint density at radius 2 is 1.69 bits per heavy atom. The number of anilines is 2. The Balaban J connectivity index is 1.56. The van der Waals surface area contributed by atoms with E-state index in [-0.39, 0.29) is 16.5 Å². The summed E-state index contributed by atoms with van der Waals surface area (Å²) in [6.45, 7) is -0.539. The number of rotatable bonds is 7. The predicted octanol–water partition coefficient (Wildman–Crippen LogP) is 0.863. The first kappa shape index (κ1) is 19.8. The number of ether oxygens (including phenoxy) is 1. The average molecular weight is 414 g/mol. The third kappa shape index (κ3) is 5.52. The molecule has 1 amide bonds. The van der Waals surface area contributed by atoms with Crippen LogP contribution in [0.3, 0.4) is 0 Å². The first-order valence-electron chi connectivity index (χ1n) is 8.07. The van der Waals surface area contributed by atoms with Crippen LogP contribution in [0.2, 0.25) is 0 Å². The maximum Gasteiger partial charge on any atom is 0.359 e. The van der Waals surface area contributed by atoms with Gasteiger partial charge in [-0.1, -0.05) is 0 Å². The minimum absolute atomic E-state index is 0.0234. The second kappa shape index (κ2) is 8.84. The van der Waals surface area contributed by atoms with Crippen molar-refractivity contribution in [3.8, 4) is 0 Å². The van der Waals surface area contributed by atoms with Gasteiger partial charge in [-0.25, -0.2) is 32.9 Å². The molecule has 0 aliphatic carbocycles. The van der Waals surface area contributed by atoms with Gasteiger partial charge in [0.25, 0.3) is 15.9 Å². The van der Waals surface area contributed by atoms with Gasteiger partial charge in [0.2, 0.25) is 5.95 Å². The first-order chi connectivity index (χ1) is 13.9. The molecular weight excluding hydrogens is 400 g/mol. The van der Waals surface area contributed by atoms with E-state index < -0.39 is 28.5 Å². The molecule has 148 valence electrons. The number of carbonyl (C=O) groups excluding carboxylic acids is 2. The maximum absolute atomic E-state index is 12.3. The maximum atomic E-state index is 12.3. The first-order valence-corrected chi connectivity index (χ1v) is 9.55. The van der Waals surface area contributed by atoms with E-state index in [2.05, 4.69) is 30.0 Å². The van der Waals surface area contributed by atoms with Crippen LogP contribution in [0.4, 0.5) is 11.6 Å². The van der Waals surface area contributed by atoms with Crippen molar-refractivity contribution in [2.45, 2.75) is 4.90 Å². The Bertz CT molecular complexity index is 1090. The van der Waals surface area contributed by atoms with Crippen molar-refractivity contribution in [3.05, 3.63) is 67.0 Å². The molecule has 1 aromatic carbocycles. The summed E-state index contributed by atoms with van der Waals surface area (Å²) in [5.74, 6) is -1.45. The van der Waals surface area contributed by atoms with E-state index in [4.69, 9.17) is 4.74 Å². The molecule has 3 aromatic rings. The zero-order valence-electron chi connectivity index (χ0n) is 14.7. The molecule has 0 bridgehead atoms. The van der Waals surface area contributed by atoms with Gasteiger partial charge >= 0.3 is 5.97 Å². The third-order valence-corrected chi connectivity index (χ3v) is 4.69. The predicted molar refractivity (Wildman–Crippen MR) is 100 cm³/mol. The van der Waals surface area contributed by atoms with E-state index >= 15 is 0 Å². The summed E-state index contributed by atoms with van der Waals surface area (Å²) in [7, 11) is -3.88. The van der Waals surface area contributed by atoms with Crippen LogP contribution in [-0.4, -0.2) is 46.8 Å². The number of amides is 1. The summed E-state index contributed by atoms with van der Waals surface area (Å²) < 4.78 is 31.7. The fourth-order valence-corrected chi connectivity index (χ4v) is 3.01. The molecule has 3 rings (SSSR count). The number of benzene rings is 1. The molecule has 29 heavy (non-hydrogen) atoms. The van der Waals surface area contributed by atoms with Gasteiger partial charge in [0, 0.05) is 30.5 Å². The standard InChI is InChI=1S/C17H14N6O5S/c24-15(11-28-16(25)14-10-18-8-9-19-14)22-12-2-4-13(5-3-12)29(26,27)23-17-20-6-1-7-21-17/h1-10H,11H2,(H,22,24)(H,20,21,23). The summed E-state index contributed by atoms with van der Waals surface area (Å²) in [5.41, 5.74) is 0.296. The lowest BCUT2D eigenvalue weighted by Gasteiger charge is -2.08. The van der Waals surface area contributed by atoms with Crippen molar-refractivity contribution in [2.75, 3.05) is 16.6 Å². The topological polar surface area (TPSA) is 153 Å². The van der Waals surface area contributed by atoms with E-state index in [0.717, 1.165) is 0 Å². The van der Waals surface area contributed by atoms with Gasteiger partial charge in [0.05, 0.1) is 11.1 Å². The van der Waals surface area contributed by atoms with Crippen LogP contribution in [0.5, 0.6) is 0 Å². The van der Waals surface area contributed by atoms with Crippen molar-refractivity contribution in [1.29, 1.82) is 0 Å². The number of nitrogens with one attached hydrogen (secondary N) is 2. The van der Waals surface area contributed by atoms with Crippen LogP contribution in [-0.2, 0) is 19.6 Å². The number of aromatic nitrogens is 4. The Kier molecular flexibility index (Phi) is 6.04. The lowest BCUT2D eigenvalue weighted by molar-refractivity contribution is -0.119. The van der Waals surface area contributed by atoms with Gasteiger partial charge in [-0.3, -0.25) is 9.78 Å². The molecule has 12 heteroatoms. The van der Waals surface area contributed by atoms with Gasteiger partial charge in [0.15, 0.2) is 12.3 Å². The average Bonchev–Trinajstić information content (AvgIpc) is 2.73. The monoisotopic (exact) mass is 414 g/mol. The molecule has 0 aliphatic heterocycles. The summed E-state index contributed by atoms with van der Waals surface area (Å²) in [4.78, 5) is 38.7. The zero-order chi connectivity index (χ0) is 20.7. The van der Waals surface area contributed by atoms with E-state index in [0.29, 0.717) is 5.69 Å². The van der Waals surface area contributed by atoms with Crippen molar-refractivity contribution >= 4 is 33.5 Å². The quantitative estimate of drug-likeness (QED) is 0.536. The highest BCUT2D eigenvalue weighted by Gasteiger charge is 2.16. The molecule has 0 saturated heterocycles. The van der Waals surface area contributed by atoms with Gasteiger partial charge in [-0.2, -0.15) is 0 Å². The molecule has 2 N–H and O–H groups in total. The van der Waals surface area contributed by atoms with Gasteiger partial charge < -0.3 is 10.1 Å². The van der Waals surface area contributed by atoms with E-state index in [1.54, 1.807) is 6.07 Å². The summed E-state index contributed by atoms with van der Waals surface area (Å²) in [6, 6.07) is 6.93. The van der Waals surface area contributed by atoms with Gasteiger partial charge in [-0.05, 0) is 30.3 Å². The van der Waals surface area contributed by atoms with Crippen LogP contribution in [0.15, 0.2) is 66.2 Å². The highest BCUT2D eigenvalue weighted by Crippen LogP contribution is 2.16. The normalized spacial score (nSPS) is 10.8. The van der Waals surface area contributed by atoms with Crippen LogP contribution < -0.4 is 10.0 Å². The molecule has 0 radical (unpaired) electrons. The Labute approximate surface area is 165 Å². The van der Waals surface area contributed by atoms with Gasteiger partial charge in [-0.15, -0.1) is 0 Å². The van der Waals surface area contributed by atoms with Crippen LogP contribution in [0, 0.1) is 0 Å². The molecule has 0 unspecified atom stereocenters. The van der Waals surface area contributed by atoms with Crippen LogP contribution in [0.25, 0.3) is 0 Å². The number of nitrogens with zero attached hydrogens (tertiary/aromatic N) is 4. The molecule has 0 fully saturated rings. The minimum Gasteiger partial charge on any atom is -0.451 e. The zero-order valence-corrected chi connectivity index (χ0v) is 15.5. The number of carbonyl (C=O) groups is 2. The van der Waals surface area contributed by atoms with Crippen molar-refractivity contribution in [2.24, 2.45) is 0 Å². The van der Waals surface area contributed by atoms with Crippen LogP contribution >= 0.6 is 0 Å². The number of hydrogen-bond acceptors (Lipinski definition) is 9. The number of esters is 1. The highest BCUT2D eigenvalue weighted by molar-refractivity contribution is 7.92. The number of hydrogen-bond donors (Lipinski definition) is 2. The Hall–Kier alpha value is -3.93. The molecule has 2 heterocycles. The van der Waals surface area contributed by atoms with E-state index in [1.807, 2.05) is 0 Å². The SMILES string of the molecule is O=C(COC(=O)c1cnccn1)Nc1ccc(S(=O)(=O)Nc2ncccn2)cc1. The third-order valence-electron chi connectivity index (χ3n) is 3.35. The second-order valence-electron chi connectivity index (χ2n) is 5.42. The lowest BCUT2D eigenvalue weighted by atomic mass is 10.3. The summed E-state index contributed by atoms with van der Waals surface area (Å²) in [6.07, 6.45) is 6.75. The fourth-order valence-electron chi connectivity index (χ4n) is 2.05. The fraction of sp³-hybridized carbons (Fsp3) is 0.0588. The number of sulfonamides is 1. The smallest absolute Gasteiger partial charge is 0.359 e. The molecule has 11 nitrogen and oxygen atoms in total. The molecular formula is C17H14N6O5S. The molecule has 0 spiro atoms. The second-order valence-corrected chi connectivity index (χ2v) is 7.10. The van der Waals surface area contributed by atoms with E-state index in [1.165, 1.54) is 55.2 Å². The highest BCUT2D eigenvalue weighted by atomic mass is 32.2. The molecule has 0 aliphatic rings. The van der Waals surface area contributed by atoms with Crippen LogP contribution in [0.1, 0.15) is 10.5 Å². The molecule has 2 aromatic heterocycles.